The van der Waals surface area contributed by atoms with Gasteiger partial charge in [-0.15, -0.1) is 0 Å². The number of nitrogens with one attached hydrogen (secondary N) is 1. The van der Waals surface area contributed by atoms with E-state index >= 15 is 0 Å². The van der Waals surface area contributed by atoms with Gasteiger partial charge in [-0.05, 0) is 18.6 Å². The highest BCUT2D eigenvalue weighted by Crippen LogP contribution is 2.10. The zero-order valence-corrected chi connectivity index (χ0v) is 10.5. The van der Waals surface area contributed by atoms with Crippen molar-refractivity contribution in [1.29, 1.82) is 0 Å². The maximum Gasteiger partial charge on any atom is 0.241 e. The van der Waals surface area contributed by atoms with Crippen molar-refractivity contribution in [1.82, 2.24) is 4.98 Å². The topological polar surface area (TPSA) is 102 Å². The lowest BCUT2D eigenvalue weighted by atomic mass is 10.2. The number of rotatable bonds is 4. The lowest BCUT2D eigenvalue weighted by molar-refractivity contribution is -0.117. The predicted octanol–water partition coefficient (Wildman–Crippen LogP) is 0.161. The van der Waals surface area contributed by atoms with Crippen LogP contribution in [0, 0.1) is 0 Å². The Morgan fingerprint density at radius 3 is 2.59 bits per heavy atom. The minimum atomic E-state index is -3.32. The van der Waals surface area contributed by atoms with E-state index in [0.29, 0.717) is 12.1 Å². The van der Waals surface area contributed by atoms with Crippen molar-refractivity contribution < 1.29 is 13.2 Å². The van der Waals surface area contributed by atoms with Crippen LogP contribution in [-0.2, 0) is 14.6 Å². The first-order chi connectivity index (χ1) is 7.84. The molecule has 0 saturated heterocycles. The molecule has 0 fully saturated rings. The fraction of sp³-hybridized carbons (Fsp3) is 0.400. The summed E-state index contributed by atoms with van der Waals surface area (Å²) >= 11 is 0. The monoisotopic (exact) mass is 257 g/mol. The maximum absolute atomic E-state index is 11.4. The molecule has 0 bridgehead atoms. The van der Waals surface area contributed by atoms with E-state index in [0.717, 1.165) is 6.26 Å². The van der Waals surface area contributed by atoms with Gasteiger partial charge >= 0.3 is 0 Å². The molecule has 6 nitrogen and oxygen atoms in total. The second-order valence-electron chi connectivity index (χ2n) is 3.66. The number of amides is 1. The first-order valence-corrected chi connectivity index (χ1v) is 6.96. The molecule has 0 spiro atoms. The fourth-order valence-corrected chi connectivity index (χ4v) is 1.65. The Labute approximate surface area is 100 Å². The second kappa shape index (κ2) is 5.24. The minimum Gasteiger partial charge on any atom is -0.323 e. The number of pyridine rings is 1. The average Bonchev–Trinajstić information content (AvgIpc) is 2.27. The van der Waals surface area contributed by atoms with Crippen molar-refractivity contribution in [3.8, 4) is 0 Å². The Bertz CT molecular complexity index is 496. The highest BCUT2D eigenvalue weighted by molar-refractivity contribution is 7.90. The van der Waals surface area contributed by atoms with Crippen molar-refractivity contribution in [3.63, 3.8) is 0 Å². The van der Waals surface area contributed by atoms with Crippen LogP contribution in [0.15, 0.2) is 23.4 Å². The molecule has 0 saturated carbocycles. The van der Waals surface area contributed by atoms with Crippen LogP contribution >= 0.6 is 0 Å². The summed E-state index contributed by atoms with van der Waals surface area (Å²) in [5, 5.41) is 2.52. The zero-order valence-electron chi connectivity index (χ0n) is 9.67. The second-order valence-corrected chi connectivity index (χ2v) is 5.62. The van der Waals surface area contributed by atoms with E-state index in [1.54, 1.807) is 6.92 Å². The van der Waals surface area contributed by atoms with E-state index in [2.05, 4.69) is 10.3 Å². The van der Waals surface area contributed by atoms with E-state index in [4.69, 9.17) is 5.73 Å². The number of carbonyl (C=O) groups is 1. The van der Waals surface area contributed by atoms with Crippen LogP contribution in [0.5, 0.6) is 0 Å². The molecule has 0 aliphatic rings. The summed E-state index contributed by atoms with van der Waals surface area (Å²) in [6.07, 6.45) is 2.89. The molecule has 1 amide bonds. The molecule has 0 aliphatic heterocycles. The number of hydrogen-bond acceptors (Lipinski definition) is 5. The van der Waals surface area contributed by atoms with Gasteiger partial charge < -0.3 is 11.1 Å². The van der Waals surface area contributed by atoms with Crippen molar-refractivity contribution >= 4 is 21.4 Å². The van der Waals surface area contributed by atoms with Crippen LogP contribution in [0.3, 0.4) is 0 Å². The normalized spacial score (nSPS) is 13.1. The van der Waals surface area contributed by atoms with Gasteiger partial charge in [-0.1, -0.05) is 6.92 Å². The van der Waals surface area contributed by atoms with Crippen molar-refractivity contribution in [3.05, 3.63) is 18.3 Å². The van der Waals surface area contributed by atoms with E-state index in [1.165, 1.54) is 18.3 Å². The van der Waals surface area contributed by atoms with Crippen LogP contribution in [0.1, 0.15) is 13.3 Å². The molecule has 0 unspecified atom stereocenters. The number of hydrogen-bond donors (Lipinski definition) is 2. The molecule has 7 heteroatoms. The van der Waals surface area contributed by atoms with Gasteiger partial charge in [-0.3, -0.25) is 4.79 Å². The van der Waals surface area contributed by atoms with Crippen molar-refractivity contribution in [2.24, 2.45) is 5.73 Å². The number of aromatic nitrogens is 1. The number of nitrogens with two attached hydrogens (primary N) is 1. The molecule has 0 aromatic carbocycles. The van der Waals surface area contributed by atoms with Crippen LogP contribution < -0.4 is 11.1 Å². The van der Waals surface area contributed by atoms with Crippen LogP contribution in [0.2, 0.25) is 0 Å². The molecule has 94 valence electrons. The SMILES string of the molecule is CC[C@@H](N)C(=O)Nc1ccc(S(C)(=O)=O)nc1. The summed E-state index contributed by atoms with van der Waals surface area (Å²) < 4.78 is 22.3. The Kier molecular flexibility index (Phi) is 4.19. The first kappa shape index (κ1) is 13.6. The summed E-state index contributed by atoms with van der Waals surface area (Å²) in [6, 6.07) is 2.23. The smallest absolute Gasteiger partial charge is 0.241 e. The Morgan fingerprint density at radius 1 is 1.53 bits per heavy atom. The van der Waals surface area contributed by atoms with Crippen molar-refractivity contribution in [2.75, 3.05) is 11.6 Å². The minimum absolute atomic E-state index is 0.0321. The molecular formula is C10H15N3O3S. The van der Waals surface area contributed by atoms with Gasteiger partial charge in [0.1, 0.15) is 0 Å². The summed E-state index contributed by atoms with van der Waals surface area (Å²) in [7, 11) is -3.32. The highest BCUT2D eigenvalue weighted by Gasteiger charge is 2.12. The number of anilines is 1. The van der Waals surface area contributed by atoms with Gasteiger partial charge in [0.2, 0.25) is 5.91 Å². The van der Waals surface area contributed by atoms with E-state index < -0.39 is 15.9 Å². The Balaban J connectivity index is 2.79. The van der Waals surface area contributed by atoms with Gasteiger partial charge in [-0.25, -0.2) is 13.4 Å². The molecule has 1 aromatic heterocycles. The number of sulfone groups is 1. The average molecular weight is 257 g/mol. The molecule has 3 N–H and O–H groups in total. The summed E-state index contributed by atoms with van der Waals surface area (Å²) in [5.74, 6) is -0.318. The van der Waals surface area contributed by atoms with E-state index in [1.807, 2.05) is 0 Å². The third-order valence-electron chi connectivity index (χ3n) is 2.16. The zero-order chi connectivity index (χ0) is 13.1. The summed E-state index contributed by atoms with van der Waals surface area (Å²) in [6.45, 7) is 1.80. The van der Waals surface area contributed by atoms with Gasteiger partial charge in [0.15, 0.2) is 14.9 Å². The third kappa shape index (κ3) is 3.79. The van der Waals surface area contributed by atoms with Crippen LogP contribution in [0.25, 0.3) is 0 Å². The quantitative estimate of drug-likeness (QED) is 0.800. The van der Waals surface area contributed by atoms with E-state index in [9.17, 15) is 13.2 Å². The summed E-state index contributed by atoms with van der Waals surface area (Å²) in [5.41, 5.74) is 5.96. The number of nitrogens with zero attached hydrogens (tertiary/aromatic N) is 1. The van der Waals surface area contributed by atoms with Gasteiger partial charge in [0.05, 0.1) is 17.9 Å². The van der Waals surface area contributed by atoms with Gasteiger partial charge in [0.25, 0.3) is 0 Å². The van der Waals surface area contributed by atoms with Gasteiger partial charge in [0, 0.05) is 6.26 Å². The molecule has 0 radical (unpaired) electrons. The standard InChI is InChI=1S/C10H15N3O3S/c1-3-8(11)10(14)13-7-4-5-9(12-6-7)17(2,15)16/h4-6,8H,3,11H2,1-2H3,(H,13,14)/t8-/m1/s1. The van der Waals surface area contributed by atoms with Crippen molar-refractivity contribution in [2.45, 2.75) is 24.4 Å². The Morgan fingerprint density at radius 2 is 2.18 bits per heavy atom. The molecule has 1 aromatic rings. The molecular weight excluding hydrogens is 242 g/mol. The molecule has 1 atom stereocenters. The highest BCUT2D eigenvalue weighted by atomic mass is 32.2. The molecule has 1 rings (SSSR count). The van der Waals surface area contributed by atoms with Gasteiger partial charge in [-0.2, -0.15) is 0 Å². The largest absolute Gasteiger partial charge is 0.323 e. The fourth-order valence-electron chi connectivity index (χ4n) is 1.09. The maximum atomic E-state index is 11.4. The molecule has 0 aliphatic carbocycles. The Hall–Kier alpha value is -1.47. The molecule has 17 heavy (non-hydrogen) atoms. The summed E-state index contributed by atoms with van der Waals surface area (Å²) in [4.78, 5) is 15.2. The predicted molar refractivity (Wildman–Crippen MR) is 64.2 cm³/mol. The first-order valence-electron chi connectivity index (χ1n) is 5.07. The third-order valence-corrected chi connectivity index (χ3v) is 3.16. The lowest BCUT2D eigenvalue weighted by Gasteiger charge is -2.09. The lowest BCUT2D eigenvalue weighted by Crippen LogP contribution is -2.34. The van der Waals surface area contributed by atoms with E-state index in [-0.39, 0.29) is 10.9 Å². The van der Waals surface area contributed by atoms with Crippen LogP contribution in [0.4, 0.5) is 5.69 Å². The van der Waals surface area contributed by atoms with Crippen LogP contribution in [-0.4, -0.2) is 31.6 Å². The number of carbonyl (C=O) groups excluding carboxylic acids is 1. The molecule has 1 heterocycles.